The molecule has 130 valence electrons. The van der Waals surface area contributed by atoms with Crippen molar-refractivity contribution in [3.05, 3.63) is 51.7 Å². The van der Waals surface area contributed by atoms with Gasteiger partial charge in [0, 0.05) is 37.1 Å². The highest BCUT2D eigenvalue weighted by atomic mass is 16.6. The maximum atomic E-state index is 12.0. The summed E-state index contributed by atoms with van der Waals surface area (Å²) in [5.41, 5.74) is 0.0990. The van der Waals surface area contributed by atoms with Crippen LogP contribution in [0.1, 0.15) is 34.2 Å². The third-order valence-corrected chi connectivity index (χ3v) is 4.13. The quantitative estimate of drug-likeness (QED) is 0.470. The second kappa shape index (κ2) is 6.80. The molecule has 1 saturated heterocycles. The number of anilines is 1. The summed E-state index contributed by atoms with van der Waals surface area (Å²) in [5, 5.41) is 11.6. The number of pyridine rings is 1. The molecule has 0 saturated carbocycles. The van der Waals surface area contributed by atoms with E-state index in [1.165, 1.54) is 13.2 Å². The van der Waals surface area contributed by atoms with Gasteiger partial charge in [-0.25, -0.2) is 19.7 Å². The lowest BCUT2D eigenvalue weighted by Crippen LogP contribution is -2.23. The minimum atomic E-state index is -0.749. The molecule has 0 N–H and O–H groups in total. The Kier molecular flexibility index (Phi) is 4.55. The Morgan fingerprint density at radius 3 is 2.76 bits per heavy atom. The van der Waals surface area contributed by atoms with Gasteiger partial charge in [-0.05, 0) is 25.5 Å². The second-order valence-electron chi connectivity index (χ2n) is 5.77. The number of hydrogen-bond acceptors (Lipinski definition) is 8. The summed E-state index contributed by atoms with van der Waals surface area (Å²) >= 11 is 0. The van der Waals surface area contributed by atoms with E-state index in [1.807, 2.05) is 0 Å². The van der Waals surface area contributed by atoms with Gasteiger partial charge in [-0.15, -0.1) is 0 Å². The van der Waals surface area contributed by atoms with Crippen LogP contribution >= 0.6 is 0 Å². The maximum Gasteiger partial charge on any atom is 0.345 e. The first-order chi connectivity index (χ1) is 12.0. The van der Waals surface area contributed by atoms with Crippen molar-refractivity contribution in [2.45, 2.75) is 19.3 Å². The zero-order chi connectivity index (χ0) is 18.0. The van der Waals surface area contributed by atoms with Gasteiger partial charge in [0.05, 0.1) is 12.0 Å². The summed E-state index contributed by atoms with van der Waals surface area (Å²) in [5.74, 6) is 0.197. The average Bonchev–Trinajstić information content (AvgIpc) is 3.10. The molecule has 9 nitrogen and oxygen atoms in total. The molecule has 1 aliphatic rings. The van der Waals surface area contributed by atoms with E-state index in [0.717, 1.165) is 6.42 Å². The van der Waals surface area contributed by atoms with Crippen LogP contribution in [-0.4, -0.2) is 46.0 Å². The van der Waals surface area contributed by atoms with E-state index in [4.69, 9.17) is 0 Å². The lowest BCUT2D eigenvalue weighted by atomic mass is 10.1. The molecular weight excluding hydrogens is 326 g/mol. The molecule has 0 bridgehead atoms. The minimum Gasteiger partial charge on any atom is -0.465 e. The Labute approximate surface area is 143 Å². The molecule has 3 heterocycles. The molecule has 3 rings (SSSR count). The van der Waals surface area contributed by atoms with Gasteiger partial charge in [0.25, 0.3) is 0 Å². The molecule has 1 fully saturated rings. The van der Waals surface area contributed by atoms with Crippen molar-refractivity contribution in [3.8, 4) is 0 Å². The molecule has 1 atom stereocenters. The predicted molar refractivity (Wildman–Crippen MR) is 88.6 cm³/mol. The molecule has 0 aliphatic carbocycles. The number of esters is 1. The summed E-state index contributed by atoms with van der Waals surface area (Å²) < 4.78 is 4.68. The summed E-state index contributed by atoms with van der Waals surface area (Å²) in [7, 11) is 1.19. The van der Waals surface area contributed by atoms with E-state index in [9.17, 15) is 14.9 Å². The third kappa shape index (κ3) is 3.25. The van der Waals surface area contributed by atoms with Crippen LogP contribution in [0.25, 0.3) is 0 Å². The van der Waals surface area contributed by atoms with E-state index in [-0.39, 0.29) is 23.0 Å². The standard InChI is InChI=1S/C16H17N5O4/c1-10-8-12(16(22)25-2)13(21(23)24)15(19-10)20-7-4-11(9-20)14-17-5-3-6-18-14/h3,5-6,8,11H,4,7,9H2,1-2H3. The number of rotatable bonds is 4. The molecule has 1 unspecified atom stereocenters. The molecule has 0 amide bonds. The van der Waals surface area contributed by atoms with Crippen LogP contribution in [0, 0.1) is 17.0 Å². The molecular formula is C16H17N5O4. The van der Waals surface area contributed by atoms with Gasteiger partial charge in [-0.3, -0.25) is 10.1 Å². The van der Waals surface area contributed by atoms with Crippen LogP contribution in [-0.2, 0) is 4.74 Å². The summed E-state index contributed by atoms with van der Waals surface area (Å²) in [6.45, 7) is 2.76. The van der Waals surface area contributed by atoms with Crippen LogP contribution in [0.4, 0.5) is 11.5 Å². The number of hydrogen-bond donors (Lipinski definition) is 0. The van der Waals surface area contributed by atoms with Crippen LogP contribution in [0.5, 0.6) is 0 Å². The van der Waals surface area contributed by atoms with Crippen LogP contribution in [0.15, 0.2) is 24.5 Å². The number of aromatic nitrogens is 3. The largest absolute Gasteiger partial charge is 0.465 e. The number of methoxy groups -OCH3 is 1. The average molecular weight is 343 g/mol. The van der Waals surface area contributed by atoms with Crippen LogP contribution < -0.4 is 4.90 Å². The first-order valence-electron chi connectivity index (χ1n) is 7.77. The van der Waals surface area contributed by atoms with Gasteiger partial charge in [-0.1, -0.05) is 0 Å². The fourth-order valence-corrected chi connectivity index (χ4v) is 3.00. The van der Waals surface area contributed by atoms with E-state index in [2.05, 4.69) is 19.7 Å². The topological polar surface area (TPSA) is 111 Å². The zero-order valence-corrected chi connectivity index (χ0v) is 13.9. The predicted octanol–water partition coefficient (Wildman–Crippen LogP) is 1.87. The Hall–Kier alpha value is -3.10. The molecule has 0 aromatic carbocycles. The third-order valence-electron chi connectivity index (χ3n) is 4.13. The normalized spacial score (nSPS) is 16.7. The highest BCUT2D eigenvalue weighted by Gasteiger charge is 2.35. The lowest BCUT2D eigenvalue weighted by molar-refractivity contribution is -0.384. The van der Waals surface area contributed by atoms with Crippen molar-refractivity contribution in [3.63, 3.8) is 0 Å². The summed E-state index contributed by atoms with van der Waals surface area (Å²) in [6.07, 6.45) is 4.10. The van der Waals surface area contributed by atoms with Gasteiger partial charge in [0.1, 0.15) is 11.4 Å². The fourth-order valence-electron chi connectivity index (χ4n) is 3.00. The molecule has 25 heavy (non-hydrogen) atoms. The van der Waals surface area contributed by atoms with Crippen molar-refractivity contribution in [1.82, 2.24) is 15.0 Å². The van der Waals surface area contributed by atoms with Gasteiger partial charge in [0.2, 0.25) is 5.82 Å². The molecule has 2 aromatic rings. The zero-order valence-electron chi connectivity index (χ0n) is 13.9. The van der Waals surface area contributed by atoms with Crippen molar-refractivity contribution < 1.29 is 14.5 Å². The Morgan fingerprint density at radius 1 is 1.40 bits per heavy atom. The Morgan fingerprint density at radius 2 is 2.12 bits per heavy atom. The van der Waals surface area contributed by atoms with E-state index < -0.39 is 10.9 Å². The van der Waals surface area contributed by atoms with E-state index in [1.54, 1.807) is 30.3 Å². The van der Waals surface area contributed by atoms with E-state index in [0.29, 0.717) is 24.6 Å². The van der Waals surface area contributed by atoms with Crippen molar-refractivity contribution >= 4 is 17.5 Å². The summed E-state index contributed by atoms with van der Waals surface area (Å²) in [4.78, 5) is 37.6. The Bertz CT molecular complexity index is 812. The molecule has 9 heteroatoms. The number of nitrogens with zero attached hydrogens (tertiary/aromatic N) is 5. The first-order valence-corrected chi connectivity index (χ1v) is 7.77. The van der Waals surface area contributed by atoms with Gasteiger partial charge in [0.15, 0.2) is 0 Å². The maximum absolute atomic E-state index is 12.0. The Balaban J connectivity index is 1.98. The van der Waals surface area contributed by atoms with Gasteiger partial charge >= 0.3 is 11.7 Å². The number of aryl methyl sites for hydroxylation is 1. The molecule has 2 aromatic heterocycles. The number of nitro groups is 1. The lowest BCUT2D eigenvalue weighted by Gasteiger charge is -2.18. The van der Waals surface area contributed by atoms with E-state index >= 15 is 0 Å². The first kappa shape index (κ1) is 16.7. The molecule has 0 spiro atoms. The van der Waals surface area contributed by atoms with Crippen molar-refractivity contribution in [1.29, 1.82) is 0 Å². The van der Waals surface area contributed by atoms with Crippen LogP contribution in [0.3, 0.4) is 0 Å². The molecule has 1 aliphatic heterocycles. The number of carbonyl (C=O) groups is 1. The molecule has 0 radical (unpaired) electrons. The van der Waals surface area contributed by atoms with Gasteiger partial charge in [-0.2, -0.15) is 0 Å². The number of ether oxygens (including phenoxy) is 1. The number of carbonyl (C=O) groups excluding carboxylic acids is 1. The minimum absolute atomic E-state index is 0.0599. The van der Waals surface area contributed by atoms with Crippen molar-refractivity contribution in [2.24, 2.45) is 0 Å². The SMILES string of the molecule is COC(=O)c1cc(C)nc(N2CCC(c3ncccn3)C2)c1[N+](=O)[O-]. The summed E-state index contributed by atoms with van der Waals surface area (Å²) in [6, 6.07) is 3.12. The van der Waals surface area contributed by atoms with Gasteiger partial charge < -0.3 is 9.64 Å². The van der Waals surface area contributed by atoms with Crippen LogP contribution in [0.2, 0.25) is 0 Å². The smallest absolute Gasteiger partial charge is 0.345 e. The fraction of sp³-hybridized carbons (Fsp3) is 0.375. The second-order valence-corrected chi connectivity index (χ2v) is 5.77. The highest BCUT2D eigenvalue weighted by Crippen LogP contribution is 2.36. The van der Waals surface area contributed by atoms with Crippen molar-refractivity contribution in [2.75, 3.05) is 25.1 Å². The monoisotopic (exact) mass is 343 g/mol. The highest BCUT2D eigenvalue weighted by molar-refractivity contribution is 5.96.